The Labute approximate surface area is 386 Å². The summed E-state index contributed by atoms with van der Waals surface area (Å²) in [6, 6.07) is 19.0. The molecule has 7 rings (SSSR count). The average molecular weight is 903 g/mol. The van der Waals surface area contributed by atoms with Crippen molar-refractivity contribution in [1.29, 1.82) is 0 Å². The van der Waals surface area contributed by atoms with Crippen molar-refractivity contribution in [2.45, 2.75) is 127 Å². The summed E-state index contributed by atoms with van der Waals surface area (Å²) in [4.78, 5) is 119. The van der Waals surface area contributed by atoms with Gasteiger partial charge < -0.3 is 41.3 Å². The second-order valence-electron chi connectivity index (χ2n) is 18.3. The highest BCUT2D eigenvalue weighted by molar-refractivity contribution is 5.99. The van der Waals surface area contributed by atoms with Crippen molar-refractivity contribution >= 4 is 47.3 Å². The van der Waals surface area contributed by atoms with Gasteiger partial charge >= 0.3 is 0 Å². The van der Waals surface area contributed by atoms with E-state index in [2.05, 4.69) is 26.6 Å². The number of hydrogen-bond acceptors (Lipinski definition) is 8. The molecule has 0 saturated carbocycles. The van der Waals surface area contributed by atoms with Gasteiger partial charge in [-0.05, 0) is 68.1 Å². The molecule has 16 heteroatoms. The summed E-state index contributed by atoms with van der Waals surface area (Å²) in [6.07, 6.45) is 2.74. The van der Waals surface area contributed by atoms with E-state index in [4.69, 9.17) is 0 Å². The molecule has 8 atom stereocenters. The minimum absolute atomic E-state index is 0.0575. The van der Waals surface area contributed by atoms with Gasteiger partial charge in [-0.25, -0.2) is 0 Å². The molecule has 0 spiro atoms. The van der Waals surface area contributed by atoms with Crippen LogP contribution in [-0.2, 0) is 57.6 Å². The van der Waals surface area contributed by atoms with Crippen LogP contribution in [0.25, 0.3) is 0 Å². The van der Waals surface area contributed by atoms with Crippen LogP contribution in [-0.4, -0.2) is 130 Å². The summed E-state index contributed by atoms with van der Waals surface area (Å²) in [5, 5.41) is 14.4. The predicted octanol–water partition coefficient (Wildman–Crippen LogP) is 1.80. The van der Waals surface area contributed by atoms with E-state index in [1.807, 2.05) is 91.0 Å². The van der Waals surface area contributed by atoms with Gasteiger partial charge in [0.05, 0.1) is 0 Å². The quantitative estimate of drug-likeness (QED) is 0.236. The molecule has 3 aromatic rings. The van der Waals surface area contributed by atoms with Crippen molar-refractivity contribution in [3.05, 3.63) is 108 Å². The fourth-order valence-electron chi connectivity index (χ4n) is 9.65. The first-order valence-corrected chi connectivity index (χ1v) is 23.3. The monoisotopic (exact) mass is 902 g/mol. The van der Waals surface area contributed by atoms with Crippen molar-refractivity contribution in [1.82, 2.24) is 41.3 Å². The Bertz CT molecular complexity index is 2240. The number of nitrogens with one attached hydrogen (secondary N) is 5. The Morgan fingerprint density at radius 2 is 0.788 bits per heavy atom. The van der Waals surface area contributed by atoms with Crippen LogP contribution in [0.4, 0.5) is 0 Å². The average Bonchev–Trinajstić information content (AvgIpc) is 4.12. The molecule has 4 aliphatic heterocycles. The molecule has 0 bridgehead atoms. The minimum Gasteiger partial charge on any atom is -0.343 e. The standard InChI is InChI=1S/C50H62N8O8/c1-31(2)42-50(66)58-27-15-23-40(58)46(62)54-38(30-35-20-11-6-12-21-35)49(65)57-26-14-22-39(57)45(61)53-37(29-34-18-9-5-10-19-34)44(60)52-36(28-33-16-7-4-8-17-33)43(59)51-32(3)48(64)56-25-13-24-41(56)47(63)55-42/h4-12,16-21,31-32,36-42H,13-15,22-30H2,1-3H3,(H,51,59)(H,52,60)(H,53,61)(H,54,62)(H,55,63)/t32-,36?,37-,38-,39-,40-,41-,42-/m0/s1. The minimum atomic E-state index is -1.19. The number of nitrogens with zero attached hydrogens (tertiary/aromatic N) is 3. The summed E-state index contributed by atoms with van der Waals surface area (Å²) in [5.74, 6) is -4.69. The second kappa shape index (κ2) is 21.6. The highest BCUT2D eigenvalue weighted by Gasteiger charge is 2.44. The van der Waals surface area contributed by atoms with Crippen LogP contribution in [0.5, 0.6) is 0 Å². The van der Waals surface area contributed by atoms with Gasteiger partial charge in [-0.1, -0.05) is 105 Å². The maximum Gasteiger partial charge on any atom is 0.246 e. The number of rotatable bonds is 7. The lowest BCUT2D eigenvalue weighted by molar-refractivity contribution is -0.146. The number of carbonyl (C=O) groups excluding carboxylic acids is 8. The molecule has 3 aromatic carbocycles. The first-order chi connectivity index (χ1) is 31.8. The molecular weight excluding hydrogens is 841 g/mol. The van der Waals surface area contributed by atoms with Crippen LogP contribution >= 0.6 is 0 Å². The molecule has 4 aliphatic rings. The topological polar surface area (TPSA) is 206 Å². The zero-order valence-electron chi connectivity index (χ0n) is 37.9. The van der Waals surface area contributed by atoms with Gasteiger partial charge in [-0.3, -0.25) is 38.4 Å². The Balaban J connectivity index is 1.25. The van der Waals surface area contributed by atoms with Crippen LogP contribution in [0.1, 0.15) is 76.0 Å². The molecule has 0 radical (unpaired) electrons. The van der Waals surface area contributed by atoms with Crippen LogP contribution in [0.15, 0.2) is 91.0 Å². The second-order valence-corrected chi connectivity index (χ2v) is 18.3. The highest BCUT2D eigenvalue weighted by atomic mass is 16.2. The van der Waals surface area contributed by atoms with Gasteiger partial charge in [-0.15, -0.1) is 0 Å². The summed E-state index contributed by atoms with van der Waals surface area (Å²) in [5.41, 5.74) is 2.24. The SMILES string of the molecule is CC(C)[C@@H]1NC(=O)[C@@H]2CCCN2C(=O)[C@H](C)NC(=O)C(Cc2ccccc2)NC(=O)[C@H](Cc2ccccc2)NC(=O)[C@@H]2CCCN2C(=O)[C@H](Cc2ccccc2)NC(=O)[C@@H]2CCCN2C1=O. The molecule has 16 nitrogen and oxygen atoms in total. The molecule has 66 heavy (non-hydrogen) atoms. The molecule has 4 heterocycles. The number of fused-ring (bicyclic) bond motifs is 3. The third-order valence-corrected chi connectivity index (χ3v) is 13.2. The van der Waals surface area contributed by atoms with Crippen molar-refractivity contribution in [3.8, 4) is 0 Å². The molecule has 0 aliphatic carbocycles. The van der Waals surface area contributed by atoms with Crippen LogP contribution in [0, 0.1) is 5.92 Å². The predicted molar refractivity (Wildman–Crippen MR) is 245 cm³/mol. The molecule has 4 fully saturated rings. The number of hydrogen-bond donors (Lipinski definition) is 5. The normalized spacial score (nSPS) is 27.5. The van der Waals surface area contributed by atoms with Crippen LogP contribution in [0.2, 0.25) is 0 Å². The summed E-state index contributed by atoms with van der Waals surface area (Å²) >= 11 is 0. The van der Waals surface area contributed by atoms with E-state index in [0.717, 1.165) is 16.7 Å². The van der Waals surface area contributed by atoms with Gasteiger partial charge in [0.1, 0.15) is 48.3 Å². The maximum absolute atomic E-state index is 14.7. The van der Waals surface area contributed by atoms with E-state index >= 15 is 0 Å². The van der Waals surface area contributed by atoms with E-state index in [0.29, 0.717) is 38.5 Å². The van der Waals surface area contributed by atoms with Gasteiger partial charge in [0.15, 0.2) is 0 Å². The van der Waals surface area contributed by atoms with Crippen molar-refractivity contribution in [2.24, 2.45) is 5.92 Å². The number of carbonyl (C=O) groups is 8. The van der Waals surface area contributed by atoms with E-state index in [1.54, 1.807) is 13.8 Å². The summed E-state index contributed by atoms with van der Waals surface area (Å²) in [7, 11) is 0. The first-order valence-electron chi connectivity index (χ1n) is 23.3. The van der Waals surface area contributed by atoms with Gasteiger partial charge in [0.2, 0.25) is 47.3 Å². The first kappa shape index (κ1) is 47.4. The van der Waals surface area contributed by atoms with Crippen molar-refractivity contribution in [2.75, 3.05) is 19.6 Å². The smallest absolute Gasteiger partial charge is 0.246 e. The molecule has 8 amide bonds. The Hall–Kier alpha value is -6.58. The Kier molecular flexibility index (Phi) is 15.5. The lowest BCUT2D eigenvalue weighted by atomic mass is 10.0. The molecular formula is C50H62N8O8. The fourth-order valence-corrected chi connectivity index (χ4v) is 9.65. The lowest BCUT2D eigenvalue weighted by Crippen LogP contribution is -2.61. The van der Waals surface area contributed by atoms with Crippen LogP contribution < -0.4 is 26.6 Å². The molecule has 1 unspecified atom stereocenters. The van der Waals surface area contributed by atoms with Crippen molar-refractivity contribution in [3.63, 3.8) is 0 Å². The van der Waals surface area contributed by atoms with E-state index < -0.39 is 95.6 Å². The molecule has 4 saturated heterocycles. The molecule has 0 aromatic heterocycles. The maximum atomic E-state index is 14.7. The zero-order valence-corrected chi connectivity index (χ0v) is 37.9. The van der Waals surface area contributed by atoms with E-state index in [-0.39, 0.29) is 44.8 Å². The molecule has 5 N–H and O–H groups in total. The highest BCUT2D eigenvalue weighted by Crippen LogP contribution is 2.25. The molecule has 350 valence electrons. The Morgan fingerprint density at radius 3 is 1.23 bits per heavy atom. The van der Waals surface area contributed by atoms with E-state index in [9.17, 15) is 38.4 Å². The van der Waals surface area contributed by atoms with Gasteiger partial charge in [0, 0.05) is 38.9 Å². The zero-order chi connectivity index (χ0) is 46.9. The third-order valence-electron chi connectivity index (χ3n) is 13.2. The third kappa shape index (κ3) is 11.3. The number of benzene rings is 3. The summed E-state index contributed by atoms with van der Waals surface area (Å²) < 4.78 is 0. The van der Waals surface area contributed by atoms with E-state index in [1.165, 1.54) is 21.6 Å². The Morgan fingerprint density at radius 1 is 0.439 bits per heavy atom. The summed E-state index contributed by atoms with van der Waals surface area (Å²) in [6.45, 7) is 5.85. The van der Waals surface area contributed by atoms with Gasteiger partial charge in [0.25, 0.3) is 0 Å². The fraction of sp³-hybridized carbons (Fsp3) is 0.480. The van der Waals surface area contributed by atoms with Crippen LogP contribution in [0.3, 0.4) is 0 Å². The van der Waals surface area contributed by atoms with Gasteiger partial charge in [-0.2, -0.15) is 0 Å². The number of amides is 8. The van der Waals surface area contributed by atoms with Crippen molar-refractivity contribution < 1.29 is 38.4 Å². The largest absolute Gasteiger partial charge is 0.343 e. The lowest BCUT2D eigenvalue weighted by Gasteiger charge is -2.34.